The van der Waals surface area contributed by atoms with Crippen LogP contribution in [-0.4, -0.2) is 82.2 Å². The topological polar surface area (TPSA) is 86.6 Å². The molecule has 0 radical (unpaired) electrons. The monoisotopic (exact) mass is 541 g/mol. The number of benzene rings is 1. The minimum atomic E-state index is -4.18. The highest BCUT2D eigenvalue weighted by molar-refractivity contribution is 5.87. The van der Waals surface area contributed by atoms with Crippen LogP contribution in [0.25, 0.3) is 11.0 Å². The number of fused-ring (bicyclic) bond motifs is 1. The molecule has 1 amide bonds. The lowest BCUT2D eigenvalue weighted by Gasteiger charge is -2.38. The normalized spacial score (nSPS) is 16.8. The standard InChI is InChI=1S/C27H30F3N7O2/c1-2-23(38)36-16-19(17-36)9-10-37-24(39)8-3-20-15-31-26(33-25(20)37)32-21-4-6-22(7-5-21)35-13-11-34(12-14-35)18-27(28,29)30/h2-8,15,19H,1,9-14,16-18H2,(H,31,32,33). The molecular formula is C27H30F3N7O2. The Labute approximate surface area is 223 Å². The largest absolute Gasteiger partial charge is 0.401 e. The number of carbonyl (C=O) groups excluding carboxylic acids is 1. The minimum absolute atomic E-state index is 0.0754. The van der Waals surface area contributed by atoms with E-state index in [9.17, 15) is 22.8 Å². The van der Waals surface area contributed by atoms with Crippen LogP contribution in [-0.2, 0) is 11.3 Å². The van der Waals surface area contributed by atoms with Gasteiger partial charge in [-0.05, 0) is 48.7 Å². The van der Waals surface area contributed by atoms with Gasteiger partial charge in [0.05, 0.1) is 6.54 Å². The molecule has 2 aliphatic rings. The number of likely N-dealkylation sites (tertiary alicyclic amines) is 1. The van der Waals surface area contributed by atoms with Gasteiger partial charge in [-0.15, -0.1) is 0 Å². The molecule has 4 heterocycles. The second kappa shape index (κ2) is 11.0. The molecule has 0 unspecified atom stereocenters. The van der Waals surface area contributed by atoms with Crippen LogP contribution in [0, 0.1) is 5.92 Å². The second-order valence-corrected chi connectivity index (χ2v) is 9.95. The fourth-order valence-electron chi connectivity index (χ4n) is 5.02. The number of aromatic nitrogens is 3. The number of pyridine rings is 1. The van der Waals surface area contributed by atoms with Gasteiger partial charge in [0, 0.05) is 74.8 Å². The molecule has 9 nitrogen and oxygen atoms in total. The average Bonchev–Trinajstić information content (AvgIpc) is 2.88. The summed E-state index contributed by atoms with van der Waals surface area (Å²) in [4.78, 5) is 38.6. The minimum Gasteiger partial charge on any atom is -0.369 e. The summed E-state index contributed by atoms with van der Waals surface area (Å²) in [5.41, 5.74) is 2.07. The third-order valence-electron chi connectivity index (χ3n) is 7.19. The number of piperazine rings is 1. The number of anilines is 3. The number of hydrogen-bond donors (Lipinski definition) is 1. The summed E-state index contributed by atoms with van der Waals surface area (Å²) in [7, 11) is 0. The summed E-state index contributed by atoms with van der Waals surface area (Å²) >= 11 is 0. The summed E-state index contributed by atoms with van der Waals surface area (Å²) in [6.45, 7) is 6.21. The first-order valence-corrected chi connectivity index (χ1v) is 12.9. The maximum absolute atomic E-state index is 12.7. The molecule has 0 aliphatic carbocycles. The first-order valence-electron chi connectivity index (χ1n) is 12.9. The quantitative estimate of drug-likeness (QED) is 0.438. The average molecular weight is 542 g/mol. The Morgan fingerprint density at radius 3 is 2.46 bits per heavy atom. The van der Waals surface area contributed by atoms with E-state index in [4.69, 9.17) is 0 Å². The van der Waals surface area contributed by atoms with Crippen molar-refractivity contribution >= 4 is 34.3 Å². The van der Waals surface area contributed by atoms with Crippen molar-refractivity contribution in [1.82, 2.24) is 24.3 Å². The summed E-state index contributed by atoms with van der Waals surface area (Å²) < 4.78 is 39.6. The van der Waals surface area contributed by atoms with E-state index in [2.05, 4.69) is 26.8 Å². The van der Waals surface area contributed by atoms with Gasteiger partial charge in [0.1, 0.15) is 5.65 Å². The van der Waals surface area contributed by atoms with Gasteiger partial charge in [0.2, 0.25) is 11.9 Å². The predicted molar refractivity (Wildman–Crippen MR) is 143 cm³/mol. The number of nitrogens with one attached hydrogen (secondary N) is 1. The molecule has 0 spiro atoms. The van der Waals surface area contributed by atoms with Crippen molar-refractivity contribution < 1.29 is 18.0 Å². The van der Waals surface area contributed by atoms with Crippen molar-refractivity contribution in [2.45, 2.75) is 19.1 Å². The van der Waals surface area contributed by atoms with Gasteiger partial charge in [0.25, 0.3) is 5.56 Å². The summed E-state index contributed by atoms with van der Waals surface area (Å²) in [6, 6.07) is 10.8. The SMILES string of the molecule is C=CC(=O)N1CC(CCn2c(=O)ccc3cnc(Nc4ccc(N5CCN(CC(F)(F)F)CC5)cc4)nc32)C1. The van der Waals surface area contributed by atoms with Crippen LogP contribution in [0.3, 0.4) is 0 Å². The first-order chi connectivity index (χ1) is 18.7. The van der Waals surface area contributed by atoms with Crippen LogP contribution >= 0.6 is 0 Å². The molecule has 1 N–H and O–H groups in total. The van der Waals surface area contributed by atoms with Crippen molar-refractivity contribution in [1.29, 1.82) is 0 Å². The summed E-state index contributed by atoms with van der Waals surface area (Å²) in [5.74, 6) is 0.594. The van der Waals surface area contributed by atoms with Gasteiger partial charge >= 0.3 is 6.18 Å². The van der Waals surface area contributed by atoms with Crippen molar-refractivity contribution in [3.63, 3.8) is 0 Å². The van der Waals surface area contributed by atoms with Gasteiger partial charge in [-0.3, -0.25) is 19.1 Å². The van der Waals surface area contributed by atoms with Crippen molar-refractivity contribution in [3.05, 3.63) is 65.6 Å². The van der Waals surface area contributed by atoms with E-state index in [1.165, 1.54) is 17.0 Å². The Morgan fingerprint density at radius 2 is 1.79 bits per heavy atom. The zero-order valence-corrected chi connectivity index (χ0v) is 21.4. The predicted octanol–water partition coefficient (Wildman–Crippen LogP) is 3.25. The number of alkyl halides is 3. The maximum Gasteiger partial charge on any atom is 0.401 e. The van der Waals surface area contributed by atoms with E-state index in [1.807, 2.05) is 24.3 Å². The van der Waals surface area contributed by atoms with Crippen LogP contribution < -0.4 is 15.8 Å². The number of rotatable bonds is 8. The molecule has 0 bridgehead atoms. The van der Waals surface area contributed by atoms with Gasteiger partial charge in [-0.25, -0.2) is 4.98 Å². The molecule has 2 aromatic heterocycles. The highest BCUT2D eigenvalue weighted by Gasteiger charge is 2.32. The van der Waals surface area contributed by atoms with Gasteiger partial charge < -0.3 is 15.1 Å². The van der Waals surface area contributed by atoms with E-state index in [0.29, 0.717) is 63.3 Å². The second-order valence-electron chi connectivity index (χ2n) is 9.95. The number of hydrogen-bond acceptors (Lipinski definition) is 7. The molecule has 1 aromatic carbocycles. The Balaban J connectivity index is 1.22. The van der Waals surface area contributed by atoms with E-state index >= 15 is 0 Å². The molecular weight excluding hydrogens is 511 g/mol. The van der Waals surface area contributed by atoms with Gasteiger partial charge in [-0.2, -0.15) is 18.2 Å². The van der Waals surface area contributed by atoms with Crippen LogP contribution in [0.4, 0.5) is 30.5 Å². The summed E-state index contributed by atoms with van der Waals surface area (Å²) in [6.07, 6.45) is -0.449. The van der Waals surface area contributed by atoms with E-state index < -0.39 is 12.7 Å². The molecule has 2 fully saturated rings. The van der Waals surface area contributed by atoms with Crippen LogP contribution in [0.2, 0.25) is 0 Å². The number of carbonyl (C=O) groups is 1. The number of aryl methyl sites for hydroxylation is 1. The van der Waals surface area contributed by atoms with Gasteiger partial charge in [-0.1, -0.05) is 6.58 Å². The van der Waals surface area contributed by atoms with Crippen LogP contribution in [0.15, 0.2) is 60.0 Å². The fraction of sp³-hybridized carbons (Fsp3) is 0.407. The Kier molecular flexibility index (Phi) is 7.56. The van der Waals surface area contributed by atoms with Crippen molar-refractivity contribution in [3.8, 4) is 0 Å². The Morgan fingerprint density at radius 1 is 1.08 bits per heavy atom. The molecule has 12 heteroatoms. The molecule has 0 atom stereocenters. The number of halogens is 3. The Hall–Kier alpha value is -3.93. The zero-order chi connectivity index (χ0) is 27.6. The molecule has 2 aliphatic heterocycles. The lowest BCUT2D eigenvalue weighted by Crippen LogP contribution is -2.49. The smallest absolute Gasteiger partial charge is 0.369 e. The third-order valence-corrected chi connectivity index (χ3v) is 7.19. The molecule has 206 valence electrons. The van der Waals surface area contributed by atoms with Crippen LogP contribution in [0.1, 0.15) is 6.42 Å². The van der Waals surface area contributed by atoms with E-state index in [1.54, 1.807) is 21.7 Å². The van der Waals surface area contributed by atoms with Crippen LogP contribution in [0.5, 0.6) is 0 Å². The number of nitrogens with zero attached hydrogens (tertiary/aromatic N) is 6. The van der Waals surface area contributed by atoms with Gasteiger partial charge in [0.15, 0.2) is 0 Å². The number of amides is 1. The highest BCUT2D eigenvalue weighted by Crippen LogP contribution is 2.24. The lowest BCUT2D eigenvalue weighted by molar-refractivity contribution is -0.146. The van der Waals surface area contributed by atoms with Crippen molar-refractivity contribution in [2.24, 2.45) is 5.92 Å². The van der Waals surface area contributed by atoms with E-state index in [-0.39, 0.29) is 11.5 Å². The van der Waals surface area contributed by atoms with Crippen molar-refractivity contribution in [2.75, 3.05) is 56.0 Å². The molecule has 5 rings (SSSR count). The fourth-order valence-corrected chi connectivity index (χ4v) is 5.02. The molecule has 0 saturated carbocycles. The van der Waals surface area contributed by atoms with E-state index in [0.717, 1.165) is 23.2 Å². The highest BCUT2D eigenvalue weighted by atomic mass is 19.4. The third kappa shape index (κ3) is 6.39. The summed E-state index contributed by atoms with van der Waals surface area (Å²) in [5, 5.41) is 3.92. The maximum atomic E-state index is 12.7. The lowest BCUT2D eigenvalue weighted by atomic mass is 9.96. The molecule has 2 saturated heterocycles. The first kappa shape index (κ1) is 26.7. The Bertz CT molecular complexity index is 1390. The molecule has 3 aromatic rings. The zero-order valence-electron chi connectivity index (χ0n) is 21.4. The molecule has 39 heavy (non-hydrogen) atoms.